The molecule has 1 atom stereocenters. The number of rotatable bonds is 8. The minimum Gasteiger partial charge on any atom is -0.409 e. The average Bonchev–Trinajstić information content (AvgIpc) is 2.24. The normalized spacial score (nSPS) is 14.5. The second kappa shape index (κ2) is 8.49. The van der Waals surface area contributed by atoms with Crippen molar-refractivity contribution in [2.24, 2.45) is 10.9 Å². The Morgan fingerprint density at radius 3 is 2.73 bits per heavy atom. The highest BCUT2D eigenvalue weighted by Gasteiger charge is 2.13. The molecule has 5 heteroatoms. The Hall–Kier alpha value is -0.810. The second-order valence-corrected chi connectivity index (χ2v) is 3.69. The van der Waals surface area contributed by atoms with E-state index in [0.717, 1.165) is 26.0 Å². The lowest BCUT2D eigenvalue weighted by Gasteiger charge is -2.27. The highest BCUT2D eigenvalue weighted by atomic mass is 16.5. The van der Waals surface area contributed by atoms with E-state index in [1.807, 2.05) is 0 Å². The molecule has 0 fully saturated rings. The van der Waals surface area contributed by atoms with Crippen molar-refractivity contribution in [2.45, 2.75) is 32.7 Å². The van der Waals surface area contributed by atoms with Crippen molar-refractivity contribution in [3.8, 4) is 0 Å². The van der Waals surface area contributed by atoms with Gasteiger partial charge in [0.2, 0.25) is 0 Å². The quantitative estimate of drug-likeness (QED) is 0.274. The van der Waals surface area contributed by atoms with Crippen molar-refractivity contribution in [3.05, 3.63) is 0 Å². The van der Waals surface area contributed by atoms with Gasteiger partial charge in [0, 0.05) is 19.8 Å². The first-order valence-corrected chi connectivity index (χ1v) is 5.35. The lowest BCUT2D eigenvalue weighted by atomic mass is 10.2. The molecule has 15 heavy (non-hydrogen) atoms. The third-order valence-electron chi connectivity index (χ3n) is 2.37. The molecule has 0 aliphatic carbocycles. The lowest BCUT2D eigenvalue weighted by Crippen LogP contribution is -2.41. The molecule has 0 saturated heterocycles. The van der Waals surface area contributed by atoms with Crippen LogP contribution in [0.4, 0.5) is 0 Å². The zero-order chi connectivity index (χ0) is 11.7. The van der Waals surface area contributed by atoms with Gasteiger partial charge < -0.3 is 15.7 Å². The molecule has 0 aromatic carbocycles. The summed E-state index contributed by atoms with van der Waals surface area (Å²) >= 11 is 0. The SMILES string of the molecule is CCCN(CC(N)=NO)C(C)CCOC. The number of hydrogen-bond acceptors (Lipinski definition) is 4. The molecule has 90 valence electrons. The van der Waals surface area contributed by atoms with Gasteiger partial charge in [-0.1, -0.05) is 12.1 Å². The van der Waals surface area contributed by atoms with Crippen LogP contribution in [0, 0.1) is 0 Å². The molecule has 0 amide bonds. The molecule has 0 aromatic rings. The zero-order valence-corrected chi connectivity index (χ0v) is 9.94. The van der Waals surface area contributed by atoms with Gasteiger partial charge in [0.15, 0.2) is 5.84 Å². The Kier molecular flexibility index (Phi) is 8.04. The van der Waals surface area contributed by atoms with Crippen LogP contribution in [0.25, 0.3) is 0 Å². The maximum atomic E-state index is 8.52. The predicted molar refractivity (Wildman–Crippen MR) is 61.2 cm³/mol. The van der Waals surface area contributed by atoms with E-state index in [4.69, 9.17) is 15.7 Å². The number of ether oxygens (including phenoxy) is 1. The molecule has 0 bridgehead atoms. The molecule has 0 heterocycles. The van der Waals surface area contributed by atoms with E-state index in [1.54, 1.807) is 7.11 Å². The molecule has 0 saturated carbocycles. The van der Waals surface area contributed by atoms with E-state index in [-0.39, 0.29) is 5.84 Å². The zero-order valence-electron chi connectivity index (χ0n) is 9.94. The molecular formula is C10H23N3O2. The summed E-state index contributed by atoms with van der Waals surface area (Å²) in [5, 5.41) is 11.5. The highest BCUT2D eigenvalue weighted by molar-refractivity contribution is 5.81. The van der Waals surface area contributed by atoms with E-state index >= 15 is 0 Å². The van der Waals surface area contributed by atoms with Crippen LogP contribution in [-0.2, 0) is 4.74 Å². The molecule has 0 aliphatic rings. The van der Waals surface area contributed by atoms with Crippen molar-refractivity contribution in [3.63, 3.8) is 0 Å². The Bertz CT molecular complexity index is 186. The summed E-state index contributed by atoms with van der Waals surface area (Å²) in [5.74, 6) is 0.257. The van der Waals surface area contributed by atoms with Gasteiger partial charge in [0.05, 0.1) is 6.54 Å². The Morgan fingerprint density at radius 2 is 2.27 bits per heavy atom. The molecule has 0 radical (unpaired) electrons. The second-order valence-electron chi connectivity index (χ2n) is 3.69. The minimum absolute atomic E-state index is 0.257. The van der Waals surface area contributed by atoms with Gasteiger partial charge >= 0.3 is 0 Å². The maximum absolute atomic E-state index is 8.52. The van der Waals surface area contributed by atoms with Crippen molar-refractivity contribution in [1.82, 2.24) is 4.90 Å². The van der Waals surface area contributed by atoms with E-state index < -0.39 is 0 Å². The lowest BCUT2D eigenvalue weighted by molar-refractivity contribution is 0.146. The molecular weight excluding hydrogens is 194 g/mol. The molecule has 0 spiro atoms. The van der Waals surface area contributed by atoms with Crippen LogP contribution in [0.5, 0.6) is 0 Å². The van der Waals surface area contributed by atoms with E-state index in [0.29, 0.717) is 12.6 Å². The summed E-state index contributed by atoms with van der Waals surface area (Å²) in [7, 11) is 1.69. The van der Waals surface area contributed by atoms with Crippen LogP contribution in [0.2, 0.25) is 0 Å². The van der Waals surface area contributed by atoms with Gasteiger partial charge in [0.25, 0.3) is 0 Å². The summed E-state index contributed by atoms with van der Waals surface area (Å²) in [6.07, 6.45) is 2.01. The summed E-state index contributed by atoms with van der Waals surface area (Å²) in [5.41, 5.74) is 5.50. The van der Waals surface area contributed by atoms with Gasteiger partial charge in [-0.05, 0) is 26.3 Å². The number of hydrogen-bond donors (Lipinski definition) is 2. The van der Waals surface area contributed by atoms with Gasteiger partial charge in [0.1, 0.15) is 0 Å². The standard InChI is InChI=1S/C10H23N3O2/c1-4-6-13(8-10(11)12-14)9(2)5-7-15-3/h9,14H,4-8H2,1-3H3,(H2,11,12). The fourth-order valence-corrected chi connectivity index (χ4v) is 1.45. The summed E-state index contributed by atoms with van der Waals surface area (Å²) in [6, 6.07) is 0.380. The van der Waals surface area contributed by atoms with Gasteiger partial charge in [-0.25, -0.2) is 0 Å². The summed E-state index contributed by atoms with van der Waals surface area (Å²) in [4.78, 5) is 2.19. The summed E-state index contributed by atoms with van der Waals surface area (Å²) in [6.45, 7) is 6.43. The van der Waals surface area contributed by atoms with Crippen molar-refractivity contribution >= 4 is 5.84 Å². The number of nitrogens with two attached hydrogens (primary N) is 1. The third kappa shape index (κ3) is 6.30. The maximum Gasteiger partial charge on any atom is 0.153 e. The first-order valence-electron chi connectivity index (χ1n) is 5.35. The van der Waals surface area contributed by atoms with E-state index in [9.17, 15) is 0 Å². The van der Waals surface area contributed by atoms with Crippen LogP contribution < -0.4 is 5.73 Å². The van der Waals surface area contributed by atoms with Crippen LogP contribution >= 0.6 is 0 Å². The molecule has 3 N–H and O–H groups in total. The molecule has 1 unspecified atom stereocenters. The van der Waals surface area contributed by atoms with E-state index in [1.165, 1.54) is 0 Å². The number of methoxy groups -OCH3 is 1. The monoisotopic (exact) mass is 217 g/mol. The number of oxime groups is 1. The van der Waals surface area contributed by atoms with Gasteiger partial charge in [-0.3, -0.25) is 4.90 Å². The van der Waals surface area contributed by atoms with Crippen molar-refractivity contribution < 1.29 is 9.94 Å². The van der Waals surface area contributed by atoms with Gasteiger partial charge in [-0.2, -0.15) is 0 Å². The fourth-order valence-electron chi connectivity index (χ4n) is 1.45. The molecule has 0 aromatic heterocycles. The summed E-state index contributed by atoms with van der Waals surface area (Å²) < 4.78 is 5.03. The van der Waals surface area contributed by atoms with Crippen molar-refractivity contribution in [2.75, 3.05) is 26.8 Å². The Balaban J connectivity index is 4.11. The van der Waals surface area contributed by atoms with Crippen molar-refractivity contribution in [1.29, 1.82) is 0 Å². The average molecular weight is 217 g/mol. The fraction of sp³-hybridized carbons (Fsp3) is 0.900. The largest absolute Gasteiger partial charge is 0.409 e. The Labute approximate surface area is 91.9 Å². The van der Waals surface area contributed by atoms with Crippen LogP contribution in [0.3, 0.4) is 0 Å². The Morgan fingerprint density at radius 1 is 1.60 bits per heavy atom. The van der Waals surface area contributed by atoms with Crippen LogP contribution in [0.1, 0.15) is 26.7 Å². The smallest absolute Gasteiger partial charge is 0.153 e. The predicted octanol–water partition coefficient (Wildman–Crippen LogP) is 0.870. The van der Waals surface area contributed by atoms with Crippen LogP contribution in [0.15, 0.2) is 5.16 Å². The third-order valence-corrected chi connectivity index (χ3v) is 2.37. The number of nitrogens with zero attached hydrogens (tertiary/aromatic N) is 2. The molecule has 0 rings (SSSR count). The number of amidine groups is 1. The highest BCUT2D eigenvalue weighted by Crippen LogP contribution is 2.04. The minimum atomic E-state index is 0.257. The molecule has 0 aliphatic heterocycles. The van der Waals surface area contributed by atoms with Crippen LogP contribution in [-0.4, -0.2) is 48.8 Å². The first-order chi connectivity index (χ1) is 7.15. The first kappa shape index (κ1) is 14.2. The topological polar surface area (TPSA) is 71.1 Å². The van der Waals surface area contributed by atoms with E-state index in [2.05, 4.69) is 23.9 Å². The van der Waals surface area contributed by atoms with Gasteiger partial charge in [-0.15, -0.1) is 0 Å². The molecule has 5 nitrogen and oxygen atoms in total.